The standard InChI is InChI=1S/C3H7OSe/c4-2-1-3-5/h4H,1-3H2. The monoisotopic (exact) mass is 139 g/mol. The van der Waals surface area contributed by atoms with Gasteiger partial charge < -0.3 is 0 Å². The van der Waals surface area contributed by atoms with E-state index in [9.17, 15) is 0 Å². The van der Waals surface area contributed by atoms with Crippen LogP contribution in [0.3, 0.4) is 0 Å². The molecule has 1 N–H and O–H groups in total. The fourth-order valence-electron chi connectivity index (χ4n) is 0.0645. The quantitative estimate of drug-likeness (QED) is 0.530. The Labute approximate surface area is 40.2 Å². The molecule has 0 saturated carbocycles. The van der Waals surface area contributed by atoms with Crippen molar-refractivity contribution in [3.63, 3.8) is 0 Å². The van der Waals surface area contributed by atoms with Crippen LogP contribution in [0.25, 0.3) is 0 Å². The van der Waals surface area contributed by atoms with Gasteiger partial charge >= 0.3 is 39.5 Å². The summed E-state index contributed by atoms with van der Waals surface area (Å²) in [6.07, 6.45) is 0.889. The van der Waals surface area contributed by atoms with E-state index in [2.05, 4.69) is 16.0 Å². The Hall–Kier alpha value is 0.479. The SMILES string of the molecule is OCCC[Se]. The van der Waals surface area contributed by atoms with E-state index in [1.54, 1.807) is 0 Å². The first-order chi connectivity index (χ1) is 2.41. The molecule has 0 amide bonds. The summed E-state index contributed by atoms with van der Waals surface area (Å²) in [5.74, 6) is 0. The summed E-state index contributed by atoms with van der Waals surface area (Å²) in [6.45, 7) is 0.312. The van der Waals surface area contributed by atoms with Crippen molar-refractivity contribution in [3.8, 4) is 0 Å². The van der Waals surface area contributed by atoms with Gasteiger partial charge in [0.25, 0.3) is 0 Å². The fraction of sp³-hybridized carbons (Fsp3) is 1.00. The van der Waals surface area contributed by atoms with E-state index in [1.165, 1.54) is 0 Å². The van der Waals surface area contributed by atoms with Crippen molar-refractivity contribution in [1.82, 2.24) is 0 Å². The second-order valence-electron chi connectivity index (χ2n) is 0.781. The van der Waals surface area contributed by atoms with Crippen LogP contribution < -0.4 is 0 Å². The molecule has 1 radical (unpaired) electrons. The molecule has 0 spiro atoms. The Morgan fingerprint density at radius 1 is 1.60 bits per heavy atom. The summed E-state index contributed by atoms with van der Waals surface area (Å²) in [5, 5.41) is 9.02. The average molecular weight is 138 g/mol. The molecular weight excluding hydrogens is 131 g/mol. The number of rotatable bonds is 2. The first-order valence-corrected chi connectivity index (χ1v) is 2.82. The van der Waals surface area contributed by atoms with Crippen LogP contribution >= 0.6 is 0 Å². The Balaban J connectivity index is 2.19. The predicted molar refractivity (Wildman–Crippen MR) is 22.3 cm³/mol. The predicted octanol–water partition coefficient (Wildman–Crippen LogP) is -0.0444. The molecule has 0 aromatic carbocycles. The molecule has 0 aliphatic rings. The molecule has 0 rings (SSSR count). The molecule has 2 heteroatoms. The Kier molecular flexibility index (Phi) is 4.91. The minimum atomic E-state index is 0.312. The van der Waals surface area contributed by atoms with Crippen LogP contribution in [0, 0.1) is 0 Å². The Morgan fingerprint density at radius 2 is 2.20 bits per heavy atom. The molecule has 1 nitrogen and oxygen atoms in total. The Morgan fingerprint density at radius 3 is 2.20 bits per heavy atom. The summed E-state index contributed by atoms with van der Waals surface area (Å²) in [6, 6.07) is 0. The van der Waals surface area contributed by atoms with Gasteiger partial charge in [-0.2, -0.15) is 0 Å². The van der Waals surface area contributed by atoms with E-state index in [-0.39, 0.29) is 0 Å². The van der Waals surface area contributed by atoms with Crippen LogP contribution in [-0.2, 0) is 0 Å². The molecule has 0 aliphatic carbocycles. The molecule has 0 bridgehead atoms. The van der Waals surface area contributed by atoms with Gasteiger partial charge in [-0.05, 0) is 0 Å². The van der Waals surface area contributed by atoms with Gasteiger partial charge in [-0.3, -0.25) is 0 Å². The average Bonchev–Trinajstić information content (AvgIpc) is 1.41. The van der Waals surface area contributed by atoms with Crippen LogP contribution in [0.15, 0.2) is 0 Å². The van der Waals surface area contributed by atoms with Gasteiger partial charge in [0, 0.05) is 0 Å². The van der Waals surface area contributed by atoms with Crippen molar-refractivity contribution < 1.29 is 5.11 Å². The maximum absolute atomic E-state index is 8.05. The zero-order valence-corrected chi connectivity index (χ0v) is 4.69. The number of hydrogen-bond donors (Lipinski definition) is 1. The summed E-state index contributed by atoms with van der Waals surface area (Å²) >= 11 is 2.78. The summed E-state index contributed by atoms with van der Waals surface area (Å²) in [4.78, 5) is 0. The van der Waals surface area contributed by atoms with E-state index in [0.29, 0.717) is 6.61 Å². The third-order valence-electron chi connectivity index (χ3n) is 0.302. The van der Waals surface area contributed by atoms with Crippen molar-refractivity contribution in [2.45, 2.75) is 11.7 Å². The van der Waals surface area contributed by atoms with Crippen molar-refractivity contribution in [2.24, 2.45) is 0 Å². The van der Waals surface area contributed by atoms with E-state index in [4.69, 9.17) is 5.11 Å². The molecule has 0 aliphatic heterocycles. The van der Waals surface area contributed by atoms with Crippen molar-refractivity contribution >= 4 is 16.0 Å². The number of hydrogen-bond acceptors (Lipinski definition) is 1. The second kappa shape index (κ2) is 4.48. The zero-order chi connectivity index (χ0) is 4.12. The second-order valence-corrected chi connectivity index (χ2v) is 1.64. The summed E-state index contributed by atoms with van der Waals surface area (Å²) in [5.41, 5.74) is 0. The Bertz CT molecular complexity index is 14.4. The van der Waals surface area contributed by atoms with Gasteiger partial charge in [0.2, 0.25) is 0 Å². The van der Waals surface area contributed by atoms with Crippen LogP contribution in [0.4, 0.5) is 0 Å². The van der Waals surface area contributed by atoms with E-state index in [1.807, 2.05) is 0 Å². The molecule has 0 aromatic heterocycles. The van der Waals surface area contributed by atoms with Crippen molar-refractivity contribution in [3.05, 3.63) is 0 Å². The third kappa shape index (κ3) is 4.48. The summed E-state index contributed by atoms with van der Waals surface area (Å²) in [7, 11) is 0. The van der Waals surface area contributed by atoms with Gasteiger partial charge in [-0.25, -0.2) is 0 Å². The third-order valence-corrected chi connectivity index (χ3v) is 0.908. The van der Waals surface area contributed by atoms with E-state index >= 15 is 0 Å². The molecule has 5 heavy (non-hydrogen) atoms. The van der Waals surface area contributed by atoms with Crippen LogP contribution in [-0.4, -0.2) is 27.7 Å². The molecule has 31 valence electrons. The van der Waals surface area contributed by atoms with Crippen molar-refractivity contribution in [2.75, 3.05) is 6.61 Å². The molecule has 0 fully saturated rings. The minimum absolute atomic E-state index is 0.312. The maximum atomic E-state index is 8.05. The molecule has 0 unspecified atom stereocenters. The first-order valence-electron chi connectivity index (χ1n) is 1.60. The van der Waals surface area contributed by atoms with Gasteiger partial charge in [-0.15, -0.1) is 0 Å². The van der Waals surface area contributed by atoms with Gasteiger partial charge in [-0.1, -0.05) is 0 Å². The topological polar surface area (TPSA) is 20.2 Å². The molecule has 0 aromatic rings. The number of aliphatic hydroxyl groups excluding tert-OH is 1. The molecule has 0 saturated heterocycles. The van der Waals surface area contributed by atoms with Crippen LogP contribution in [0.2, 0.25) is 5.32 Å². The first kappa shape index (κ1) is 5.48. The number of aliphatic hydroxyl groups is 1. The molecule has 0 atom stereocenters. The zero-order valence-electron chi connectivity index (χ0n) is 2.98. The van der Waals surface area contributed by atoms with Crippen LogP contribution in [0.1, 0.15) is 6.42 Å². The van der Waals surface area contributed by atoms with Gasteiger partial charge in [0.05, 0.1) is 0 Å². The molecule has 0 heterocycles. The summed E-state index contributed by atoms with van der Waals surface area (Å²) < 4.78 is 0. The molecular formula is C3H7OSe. The van der Waals surface area contributed by atoms with Gasteiger partial charge in [0.1, 0.15) is 0 Å². The van der Waals surface area contributed by atoms with Crippen LogP contribution in [0.5, 0.6) is 0 Å². The van der Waals surface area contributed by atoms with Gasteiger partial charge in [0.15, 0.2) is 0 Å². The van der Waals surface area contributed by atoms with E-state index in [0.717, 1.165) is 11.7 Å². The fourth-order valence-corrected chi connectivity index (χ4v) is 0.335. The van der Waals surface area contributed by atoms with E-state index < -0.39 is 0 Å². The normalized spacial score (nSPS) is 8.40. The van der Waals surface area contributed by atoms with Crippen molar-refractivity contribution in [1.29, 1.82) is 0 Å².